The number of hydrogen-bond acceptors (Lipinski definition) is 3. The summed E-state index contributed by atoms with van der Waals surface area (Å²) in [6.07, 6.45) is 19.8. The fraction of sp³-hybridized carbons (Fsp3) is 0.686. The van der Waals surface area contributed by atoms with Gasteiger partial charge in [-0.3, -0.25) is 4.79 Å². The normalized spacial score (nSPS) is 16.5. The fourth-order valence-corrected chi connectivity index (χ4v) is 6.56. The molecule has 1 aliphatic rings. The number of carbonyl (C=O) groups is 2. The van der Waals surface area contributed by atoms with Crippen LogP contribution in [0.25, 0.3) is 11.6 Å². The van der Waals surface area contributed by atoms with Crippen molar-refractivity contribution >= 4 is 23.4 Å². The van der Waals surface area contributed by atoms with E-state index >= 15 is 0 Å². The van der Waals surface area contributed by atoms with Crippen LogP contribution in [-0.2, 0) is 4.79 Å². The van der Waals surface area contributed by atoms with E-state index in [1.807, 2.05) is 39.8 Å². The van der Waals surface area contributed by atoms with Crippen molar-refractivity contribution in [3.8, 4) is 0 Å². The third kappa shape index (κ3) is 22.5. The number of unbranched alkanes of at least 4 members (excludes halogenated alkanes) is 1. The Bertz CT molecular complexity index is 1510. The Morgan fingerprint density at radius 1 is 0.891 bits per heavy atom. The Labute approximate surface area is 340 Å². The van der Waals surface area contributed by atoms with Gasteiger partial charge in [-0.25, -0.2) is 4.79 Å². The summed E-state index contributed by atoms with van der Waals surface area (Å²) in [6.45, 7) is 44.5. The van der Waals surface area contributed by atoms with E-state index in [4.69, 9.17) is 9.52 Å². The average molecular weight is 765 g/mol. The smallest absolute Gasteiger partial charge is 0.336 e. The molecule has 0 unspecified atom stereocenters. The molecular formula is C51H88O4. The van der Waals surface area contributed by atoms with E-state index in [1.165, 1.54) is 68.1 Å². The number of hydrogen-bond donors (Lipinski definition) is 1. The zero-order valence-electron chi connectivity index (χ0n) is 39.6. The average Bonchev–Trinajstić information content (AvgIpc) is 3.45. The number of carboxylic acids is 1. The summed E-state index contributed by atoms with van der Waals surface area (Å²) >= 11 is 0. The molecule has 0 saturated heterocycles. The molecule has 1 aromatic heterocycles. The first-order chi connectivity index (χ1) is 25.2. The third-order valence-electron chi connectivity index (χ3n) is 10.0. The lowest BCUT2D eigenvalue weighted by atomic mass is 9.71. The molecule has 0 amide bonds. The number of rotatable bonds is 12. The molecule has 1 aromatic rings. The van der Waals surface area contributed by atoms with Crippen molar-refractivity contribution < 1.29 is 19.1 Å². The van der Waals surface area contributed by atoms with Crippen LogP contribution in [0.4, 0.5) is 0 Å². The van der Waals surface area contributed by atoms with Crippen LogP contribution in [-0.4, -0.2) is 16.9 Å². The molecule has 0 bridgehead atoms. The van der Waals surface area contributed by atoms with Gasteiger partial charge in [-0.15, -0.1) is 0 Å². The molecule has 316 valence electrons. The van der Waals surface area contributed by atoms with Crippen LogP contribution in [0.15, 0.2) is 57.1 Å². The van der Waals surface area contributed by atoms with Gasteiger partial charge in [0.25, 0.3) is 0 Å². The Morgan fingerprint density at radius 2 is 1.42 bits per heavy atom. The van der Waals surface area contributed by atoms with Gasteiger partial charge in [-0.05, 0) is 112 Å². The molecule has 0 aromatic carbocycles. The molecule has 0 aliphatic heterocycles. The maximum absolute atomic E-state index is 12.6. The Kier molecular flexibility index (Phi) is 25.7. The zero-order chi connectivity index (χ0) is 43.3. The Hall–Kier alpha value is -2.88. The van der Waals surface area contributed by atoms with Crippen LogP contribution >= 0.6 is 0 Å². The summed E-state index contributed by atoms with van der Waals surface area (Å²) in [7, 11) is 0. The van der Waals surface area contributed by atoms with Gasteiger partial charge in [0, 0.05) is 16.7 Å². The van der Waals surface area contributed by atoms with E-state index in [1.54, 1.807) is 6.92 Å². The van der Waals surface area contributed by atoms with Crippen LogP contribution in [0, 0.1) is 28.1 Å². The van der Waals surface area contributed by atoms with Gasteiger partial charge in [-0.2, -0.15) is 0 Å². The van der Waals surface area contributed by atoms with Crippen LogP contribution in [0.2, 0.25) is 0 Å². The topological polar surface area (TPSA) is 67.5 Å². The number of Topliss-reactive ketones (excluding diaryl/α,β-unsaturated/α-hetero) is 1. The summed E-state index contributed by atoms with van der Waals surface area (Å²) in [5.41, 5.74) is 7.38. The monoisotopic (exact) mass is 765 g/mol. The van der Waals surface area contributed by atoms with Crippen LogP contribution in [0.3, 0.4) is 0 Å². The number of allylic oxidation sites excluding steroid dienone is 5. The standard InChI is InChI=1S/C27H42O2.C13H20O2.C7H16.C4H10/c1-10-11-21-17-23(24(28)18(2)3)29-25(21)22(26(5,6)7)16-19(4)20-12-14-27(8,9)15-13-20;1-6-7-10(4)8-11(5)12(9(2)3)13(14)15;1-5-6-7(2,3)4;1-3-4-2/h11,16-18,20H,10,12-15H2,1-9H3;8H,2,6-7H2,1,3-5H3,(H,14,15);5-6H2,1-4H3;3-4H2,1-2H3/b19-16+,21-11+,25-22-;10-8-,12-11+;;. The summed E-state index contributed by atoms with van der Waals surface area (Å²) in [4.78, 5) is 23.6. The highest BCUT2D eigenvalue weighted by Crippen LogP contribution is 2.41. The first-order valence-corrected chi connectivity index (χ1v) is 21.6. The number of carboxylic acid groups (broad SMARTS) is 1. The minimum absolute atomic E-state index is 0.0653. The van der Waals surface area contributed by atoms with Crippen LogP contribution in [0.5, 0.6) is 0 Å². The highest BCUT2D eigenvalue weighted by molar-refractivity contribution is 5.95. The Morgan fingerprint density at radius 3 is 1.76 bits per heavy atom. The van der Waals surface area contributed by atoms with Gasteiger partial charge in [0.05, 0.1) is 5.57 Å². The first-order valence-electron chi connectivity index (χ1n) is 21.6. The fourth-order valence-electron chi connectivity index (χ4n) is 6.56. The molecule has 1 aliphatic carbocycles. The lowest BCUT2D eigenvalue weighted by molar-refractivity contribution is -0.132. The second-order valence-electron chi connectivity index (χ2n) is 19.2. The summed E-state index contributed by atoms with van der Waals surface area (Å²) in [6, 6.07) is 1.94. The van der Waals surface area contributed by atoms with Crippen LogP contribution < -0.4 is 10.6 Å². The first kappa shape index (κ1) is 54.2. The number of ketones is 1. The molecule has 1 N–H and O–H groups in total. The zero-order valence-corrected chi connectivity index (χ0v) is 39.6. The van der Waals surface area contributed by atoms with Gasteiger partial charge >= 0.3 is 5.97 Å². The lowest BCUT2D eigenvalue weighted by Gasteiger charge is -2.35. The minimum Gasteiger partial charge on any atom is -0.478 e. The van der Waals surface area contributed by atoms with Gasteiger partial charge in [0.15, 0.2) is 5.76 Å². The third-order valence-corrected chi connectivity index (χ3v) is 10.0. The predicted octanol–water partition coefficient (Wildman–Crippen LogP) is 15.0. The van der Waals surface area contributed by atoms with Crippen molar-refractivity contribution in [3.05, 3.63) is 69.1 Å². The maximum atomic E-state index is 12.6. The molecule has 1 saturated carbocycles. The minimum atomic E-state index is -0.902. The van der Waals surface area contributed by atoms with E-state index in [9.17, 15) is 9.59 Å². The van der Waals surface area contributed by atoms with Crippen LogP contribution in [0.1, 0.15) is 213 Å². The quantitative estimate of drug-likeness (QED) is 0.131. The molecule has 0 spiro atoms. The summed E-state index contributed by atoms with van der Waals surface area (Å²) in [5, 5.41) is 10.1. The highest BCUT2D eigenvalue weighted by Gasteiger charge is 2.28. The van der Waals surface area contributed by atoms with E-state index < -0.39 is 5.97 Å². The molecule has 1 heterocycles. The Balaban J connectivity index is 0. The van der Waals surface area contributed by atoms with Crippen molar-refractivity contribution in [2.75, 3.05) is 0 Å². The number of aliphatic carboxylic acids is 1. The van der Waals surface area contributed by atoms with Crippen molar-refractivity contribution in [1.82, 2.24) is 0 Å². The maximum Gasteiger partial charge on any atom is 0.336 e. The number of carbonyl (C=O) groups excluding carboxylic acids is 1. The van der Waals surface area contributed by atoms with Gasteiger partial charge in [0.2, 0.25) is 5.78 Å². The molecule has 1 fully saturated rings. The summed E-state index contributed by atoms with van der Waals surface area (Å²) in [5.74, 6) is 0.239. The predicted molar refractivity (Wildman–Crippen MR) is 243 cm³/mol. The molecule has 0 radical (unpaired) electrons. The molecule has 4 nitrogen and oxygen atoms in total. The highest BCUT2D eigenvalue weighted by atomic mass is 16.4. The van der Waals surface area contributed by atoms with Crippen molar-refractivity contribution in [1.29, 1.82) is 0 Å². The van der Waals surface area contributed by atoms with E-state index in [-0.39, 0.29) is 17.1 Å². The van der Waals surface area contributed by atoms with E-state index in [2.05, 4.69) is 116 Å². The van der Waals surface area contributed by atoms with Crippen molar-refractivity contribution in [2.24, 2.45) is 28.1 Å². The van der Waals surface area contributed by atoms with Gasteiger partial charge in [-0.1, -0.05) is 165 Å². The SMILES string of the molecule is C=C(C)/C(C(=O)O)=C(C)\C=C(\C)CCC.CCCC.CCCC(C)(C)C.CC\C=c1/cc(C(=O)C(C)C)o/c1=C(/C=C(\C)C1CCC(C)(C)CC1)C(C)(C)C. The largest absolute Gasteiger partial charge is 0.478 e. The molecule has 0 atom stereocenters. The van der Waals surface area contributed by atoms with Gasteiger partial charge in [0.1, 0.15) is 5.42 Å². The van der Waals surface area contributed by atoms with E-state index in [0.29, 0.717) is 33.7 Å². The number of furan rings is 1. The molecule has 2 rings (SSSR count). The second-order valence-corrected chi connectivity index (χ2v) is 19.2. The summed E-state index contributed by atoms with van der Waals surface area (Å²) < 4.78 is 6.24. The van der Waals surface area contributed by atoms with Crippen molar-refractivity contribution in [3.63, 3.8) is 0 Å². The second kappa shape index (κ2) is 26.1. The molecule has 55 heavy (non-hydrogen) atoms. The molecular weight excluding hydrogens is 677 g/mol. The van der Waals surface area contributed by atoms with Crippen molar-refractivity contribution in [2.45, 2.75) is 202 Å². The lowest BCUT2D eigenvalue weighted by Crippen LogP contribution is -2.28. The van der Waals surface area contributed by atoms with Gasteiger partial charge < -0.3 is 9.52 Å². The molecule has 4 heteroatoms. The van der Waals surface area contributed by atoms with E-state index in [0.717, 1.165) is 35.5 Å².